The van der Waals surface area contributed by atoms with Crippen LogP contribution in [0.2, 0.25) is 5.02 Å². The number of nitrogens with one attached hydrogen (secondary N) is 1. The van der Waals surface area contributed by atoms with Gasteiger partial charge in [0.2, 0.25) is 0 Å². The summed E-state index contributed by atoms with van der Waals surface area (Å²) >= 11 is 5.90. The van der Waals surface area contributed by atoms with Gasteiger partial charge in [-0.15, -0.1) is 0 Å². The number of carboxylic acids is 1. The molecule has 0 aromatic heterocycles. The number of carbonyl (C=O) groups excluding carboxylic acids is 1. The van der Waals surface area contributed by atoms with E-state index in [0.717, 1.165) is 22.8 Å². The minimum Gasteiger partial charge on any atom is -0.507 e. The lowest BCUT2D eigenvalue weighted by Crippen LogP contribution is -2.48. The number of hydrogen-bond acceptors (Lipinski definition) is 9. The topological polar surface area (TPSA) is 191 Å². The second-order valence-electron chi connectivity index (χ2n) is 10.7. The normalized spacial score (nSPS) is 13.1. The summed E-state index contributed by atoms with van der Waals surface area (Å²) in [4.78, 5) is 26.2. The van der Waals surface area contributed by atoms with E-state index in [1.165, 1.54) is 41.3 Å². The van der Waals surface area contributed by atoms with Crippen molar-refractivity contribution in [3.63, 3.8) is 0 Å². The molecule has 0 saturated carbocycles. The smallest absolute Gasteiger partial charge is 0.339 e. The Morgan fingerprint density at radius 1 is 0.857 bits per heavy atom. The molecule has 4 rings (SSSR count). The number of hydrogen-bond donors (Lipinski definition) is 8. The largest absolute Gasteiger partial charge is 0.507 e. The van der Waals surface area contributed by atoms with Crippen molar-refractivity contribution in [3.8, 4) is 17.6 Å². The molecule has 13 heteroatoms. The average molecular weight is 695 g/mol. The third-order valence-corrected chi connectivity index (χ3v) is 7.32. The molecule has 0 saturated heterocycles. The van der Waals surface area contributed by atoms with E-state index < -0.39 is 54.5 Å². The number of rotatable bonds is 11. The average Bonchev–Trinajstić information content (AvgIpc) is 3.10. The van der Waals surface area contributed by atoms with Gasteiger partial charge in [0.15, 0.2) is 0 Å². The van der Waals surface area contributed by atoms with E-state index >= 15 is 0 Å². The molecule has 258 valence electrons. The Kier molecular flexibility index (Phi) is 14.7. The Labute approximate surface area is 287 Å². The van der Waals surface area contributed by atoms with Gasteiger partial charge in [-0.05, 0) is 85.4 Å². The SMILES string of the molecule is CNC[C@H](O)[C@@H](O)[C@H](O)[C@H](O)CO.O=C(O)c1cc(N(Cc2ccc(C#Cc3ccc(Cl)cc3)cc2)C(=O)c2cccc(F)c2)ccc1O. The van der Waals surface area contributed by atoms with Crippen LogP contribution in [0.1, 0.15) is 37.4 Å². The standard InChI is InChI=1S/C29H19ClFNO4.C7H17NO5/c30-23-12-10-20(11-13-23)5-4-19-6-8-21(9-7-19)18-32(28(34)22-2-1-3-24(31)16-22)25-14-15-27(33)26(17-25)29(35)36;1-8-2-4(10)6(12)7(13)5(11)3-9/h1-3,6-17,33H,18H2,(H,35,36);4-13H,2-3H2,1H3/t;4-,5+,6+,7+/m.0/s1. The fourth-order valence-electron chi connectivity index (χ4n) is 4.37. The molecule has 4 aromatic rings. The number of carboxylic acid groups (broad SMARTS) is 1. The summed E-state index contributed by atoms with van der Waals surface area (Å²) in [7, 11) is 1.57. The molecule has 8 N–H and O–H groups in total. The molecule has 4 aromatic carbocycles. The number of aliphatic hydroxyl groups is 5. The second-order valence-corrected chi connectivity index (χ2v) is 11.2. The van der Waals surface area contributed by atoms with Crippen LogP contribution in [-0.4, -0.2) is 92.2 Å². The van der Waals surface area contributed by atoms with Crippen LogP contribution in [-0.2, 0) is 6.54 Å². The van der Waals surface area contributed by atoms with Crippen molar-refractivity contribution in [2.75, 3.05) is 25.1 Å². The molecule has 0 aliphatic heterocycles. The van der Waals surface area contributed by atoms with Crippen LogP contribution < -0.4 is 10.2 Å². The van der Waals surface area contributed by atoms with Crippen LogP contribution >= 0.6 is 11.6 Å². The van der Waals surface area contributed by atoms with Crippen LogP contribution in [0, 0.1) is 17.7 Å². The number of benzene rings is 4. The summed E-state index contributed by atoms with van der Waals surface area (Å²) in [6.07, 6.45) is -5.65. The fourth-order valence-corrected chi connectivity index (χ4v) is 4.49. The Morgan fingerprint density at radius 2 is 1.45 bits per heavy atom. The van der Waals surface area contributed by atoms with Crippen molar-refractivity contribution in [2.45, 2.75) is 31.0 Å². The second kappa shape index (κ2) is 18.6. The minimum atomic E-state index is -1.55. The lowest BCUT2D eigenvalue weighted by Gasteiger charge is -2.25. The van der Waals surface area contributed by atoms with Gasteiger partial charge in [0, 0.05) is 33.9 Å². The maximum Gasteiger partial charge on any atom is 0.339 e. The Morgan fingerprint density at radius 3 is 2.00 bits per heavy atom. The molecule has 0 spiro atoms. The molecule has 0 fully saturated rings. The van der Waals surface area contributed by atoms with Gasteiger partial charge in [-0.1, -0.05) is 41.6 Å². The van der Waals surface area contributed by atoms with Crippen LogP contribution in [0.25, 0.3) is 0 Å². The van der Waals surface area contributed by atoms with Gasteiger partial charge >= 0.3 is 5.97 Å². The molecule has 4 atom stereocenters. The Hall–Kier alpha value is -4.84. The molecule has 0 aliphatic carbocycles. The van der Waals surface area contributed by atoms with Crippen molar-refractivity contribution in [1.29, 1.82) is 0 Å². The predicted molar refractivity (Wildman–Crippen MR) is 181 cm³/mol. The number of aromatic carboxylic acids is 1. The highest BCUT2D eigenvalue weighted by atomic mass is 35.5. The van der Waals surface area contributed by atoms with Crippen LogP contribution in [0.3, 0.4) is 0 Å². The number of likely N-dealkylation sites (N-methyl/N-ethyl adjacent to an activating group) is 1. The van der Waals surface area contributed by atoms with Crippen molar-refractivity contribution in [2.24, 2.45) is 0 Å². The van der Waals surface area contributed by atoms with E-state index in [4.69, 9.17) is 32.0 Å². The van der Waals surface area contributed by atoms with Gasteiger partial charge in [0.1, 0.15) is 35.4 Å². The number of aliphatic hydroxyl groups excluding tert-OH is 5. The number of amides is 1. The summed E-state index contributed by atoms with van der Waals surface area (Å²) in [6.45, 7) is -0.495. The first-order valence-corrected chi connectivity index (χ1v) is 15.2. The summed E-state index contributed by atoms with van der Waals surface area (Å²) in [5.74, 6) is 3.27. The van der Waals surface area contributed by atoms with Gasteiger partial charge < -0.3 is 46.0 Å². The highest BCUT2D eigenvalue weighted by molar-refractivity contribution is 6.30. The Bertz CT molecular complexity index is 1760. The number of carbonyl (C=O) groups is 2. The molecule has 0 radical (unpaired) electrons. The number of aromatic hydroxyl groups is 1. The summed E-state index contributed by atoms with van der Waals surface area (Å²) < 4.78 is 13.8. The molecule has 1 amide bonds. The first-order chi connectivity index (χ1) is 23.3. The number of phenols is 1. The lowest BCUT2D eigenvalue weighted by molar-refractivity contribution is -0.113. The fraction of sp³-hybridized carbons (Fsp3) is 0.222. The van der Waals surface area contributed by atoms with Crippen LogP contribution in [0.4, 0.5) is 10.1 Å². The van der Waals surface area contributed by atoms with Gasteiger partial charge in [0.05, 0.1) is 19.3 Å². The van der Waals surface area contributed by atoms with Crippen molar-refractivity contribution >= 4 is 29.2 Å². The first kappa shape index (κ1) is 38.6. The number of nitrogens with zero attached hydrogens (tertiary/aromatic N) is 1. The van der Waals surface area contributed by atoms with E-state index in [1.807, 2.05) is 24.3 Å². The van der Waals surface area contributed by atoms with E-state index in [9.17, 15) is 29.3 Å². The molecular weight excluding hydrogens is 659 g/mol. The molecule has 49 heavy (non-hydrogen) atoms. The highest BCUT2D eigenvalue weighted by Gasteiger charge is 2.29. The van der Waals surface area contributed by atoms with E-state index in [0.29, 0.717) is 5.02 Å². The maximum absolute atomic E-state index is 13.8. The third-order valence-electron chi connectivity index (χ3n) is 7.07. The summed E-state index contributed by atoms with van der Waals surface area (Å²) in [5, 5.41) is 67.4. The Balaban J connectivity index is 0.000000425. The third kappa shape index (κ3) is 11.4. The molecule has 0 bridgehead atoms. The monoisotopic (exact) mass is 694 g/mol. The van der Waals surface area contributed by atoms with Crippen molar-refractivity contribution < 1.29 is 49.7 Å². The van der Waals surface area contributed by atoms with Crippen molar-refractivity contribution in [1.82, 2.24) is 5.32 Å². The first-order valence-electron chi connectivity index (χ1n) is 14.8. The minimum absolute atomic E-state index is 0.0735. The van der Waals surface area contributed by atoms with E-state index in [1.54, 1.807) is 31.3 Å². The van der Waals surface area contributed by atoms with Crippen molar-refractivity contribution in [3.05, 3.63) is 130 Å². The summed E-state index contributed by atoms with van der Waals surface area (Å²) in [6, 6.07) is 23.5. The number of halogens is 2. The summed E-state index contributed by atoms with van der Waals surface area (Å²) in [5.41, 5.74) is 2.31. The van der Waals surface area contributed by atoms with Gasteiger partial charge in [-0.3, -0.25) is 4.79 Å². The molecule has 11 nitrogen and oxygen atoms in total. The van der Waals surface area contributed by atoms with Gasteiger partial charge in [0.25, 0.3) is 5.91 Å². The lowest BCUT2D eigenvalue weighted by atomic mass is 10.0. The van der Waals surface area contributed by atoms with Crippen LogP contribution in [0.5, 0.6) is 5.75 Å². The molecular formula is C36H36ClFN2O9. The van der Waals surface area contributed by atoms with Crippen LogP contribution in [0.15, 0.2) is 91.0 Å². The zero-order chi connectivity index (χ0) is 36.1. The zero-order valence-electron chi connectivity index (χ0n) is 26.2. The molecule has 0 aliphatic rings. The quantitative estimate of drug-likeness (QED) is 0.108. The van der Waals surface area contributed by atoms with E-state index in [-0.39, 0.29) is 29.9 Å². The highest BCUT2D eigenvalue weighted by Crippen LogP contribution is 2.27. The molecule has 0 heterocycles. The molecule has 0 unspecified atom stereocenters. The van der Waals surface area contributed by atoms with E-state index in [2.05, 4.69) is 17.2 Å². The number of anilines is 1. The zero-order valence-corrected chi connectivity index (χ0v) is 27.0. The van der Waals surface area contributed by atoms with Gasteiger partial charge in [-0.25, -0.2) is 9.18 Å². The predicted octanol–water partition coefficient (Wildman–Crippen LogP) is 2.77. The maximum atomic E-state index is 13.8. The van der Waals surface area contributed by atoms with Gasteiger partial charge in [-0.2, -0.15) is 0 Å².